The van der Waals surface area contributed by atoms with Crippen molar-refractivity contribution in [3.8, 4) is 0 Å². The van der Waals surface area contributed by atoms with Gasteiger partial charge in [-0.3, -0.25) is 14.5 Å². The summed E-state index contributed by atoms with van der Waals surface area (Å²) in [7, 11) is 0. The van der Waals surface area contributed by atoms with Crippen molar-refractivity contribution in [1.82, 2.24) is 14.8 Å². The predicted molar refractivity (Wildman–Crippen MR) is 73.5 cm³/mol. The molecule has 0 unspecified atom stereocenters. The van der Waals surface area contributed by atoms with Gasteiger partial charge in [-0.05, 0) is 0 Å². The maximum Gasteiger partial charge on any atom is 0.310 e. The fourth-order valence-electron chi connectivity index (χ4n) is 2.74. The quantitative estimate of drug-likeness (QED) is 0.742. The van der Waals surface area contributed by atoms with E-state index in [1.54, 1.807) is 6.20 Å². The van der Waals surface area contributed by atoms with Gasteiger partial charge in [0.1, 0.15) is 6.61 Å². The molecule has 0 bridgehead atoms. The van der Waals surface area contributed by atoms with Crippen LogP contribution in [0, 0.1) is 5.92 Å². The van der Waals surface area contributed by atoms with Crippen LogP contribution in [-0.4, -0.2) is 65.5 Å². The zero-order valence-corrected chi connectivity index (χ0v) is 12.1. The number of rotatable bonds is 2. The van der Waals surface area contributed by atoms with Crippen LogP contribution in [0.5, 0.6) is 0 Å². The van der Waals surface area contributed by atoms with Gasteiger partial charge in [0.2, 0.25) is 0 Å². The van der Waals surface area contributed by atoms with Crippen LogP contribution < -0.4 is 0 Å². The van der Waals surface area contributed by atoms with Gasteiger partial charge in [0, 0.05) is 37.8 Å². The zero-order valence-electron chi connectivity index (χ0n) is 11.3. The van der Waals surface area contributed by atoms with Crippen molar-refractivity contribution in [3.63, 3.8) is 0 Å². The Morgan fingerprint density at radius 1 is 1.40 bits per heavy atom. The summed E-state index contributed by atoms with van der Waals surface area (Å²) >= 11 is 1.37. The predicted octanol–water partition coefficient (Wildman–Crippen LogP) is 0.462. The average Bonchev–Trinajstić information content (AvgIpc) is 3.10. The van der Waals surface area contributed by atoms with Gasteiger partial charge >= 0.3 is 5.97 Å². The molecular weight excluding hydrogens is 278 g/mol. The van der Waals surface area contributed by atoms with Gasteiger partial charge in [-0.15, -0.1) is 11.3 Å². The van der Waals surface area contributed by atoms with E-state index < -0.39 is 0 Å². The summed E-state index contributed by atoms with van der Waals surface area (Å²) < 4.78 is 5.09. The van der Waals surface area contributed by atoms with Gasteiger partial charge in [0.05, 0.1) is 12.0 Å². The number of ether oxygens (including phenoxy) is 1. The Balaban J connectivity index is 1.57. The molecule has 2 aliphatic heterocycles. The smallest absolute Gasteiger partial charge is 0.310 e. The van der Waals surface area contributed by atoms with Crippen molar-refractivity contribution in [3.05, 3.63) is 16.6 Å². The molecule has 2 saturated heterocycles. The van der Waals surface area contributed by atoms with Crippen LogP contribution in [0.2, 0.25) is 0 Å². The molecule has 1 aromatic heterocycles. The Labute approximate surface area is 121 Å². The Hall–Kier alpha value is -1.47. The van der Waals surface area contributed by atoms with Crippen molar-refractivity contribution in [1.29, 1.82) is 0 Å². The molecule has 1 amide bonds. The molecule has 1 aromatic rings. The first-order valence-corrected chi connectivity index (χ1v) is 7.64. The van der Waals surface area contributed by atoms with E-state index in [1.807, 2.05) is 17.2 Å². The molecule has 0 N–H and O–H groups in total. The number of piperazine rings is 1. The molecule has 6 nitrogen and oxygen atoms in total. The average molecular weight is 295 g/mol. The number of aromatic nitrogens is 1. The molecule has 20 heavy (non-hydrogen) atoms. The first-order valence-electron chi connectivity index (χ1n) is 6.76. The molecule has 3 heterocycles. The third kappa shape index (κ3) is 2.43. The minimum Gasteiger partial charge on any atom is -0.464 e. The van der Waals surface area contributed by atoms with Crippen molar-refractivity contribution in [2.75, 3.05) is 32.8 Å². The van der Waals surface area contributed by atoms with E-state index in [4.69, 9.17) is 4.74 Å². The number of carbonyl (C=O) groups excluding carboxylic acids is 2. The lowest BCUT2D eigenvalue weighted by Gasteiger charge is -2.37. The molecule has 2 fully saturated rings. The minimum absolute atomic E-state index is 0.00597. The monoisotopic (exact) mass is 295 g/mol. The summed E-state index contributed by atoms with van der Waals surface area (Å²) in [6.45, 7) is 5.30. The van der Waals surface area contributed by atoms with Gasteiger partial charge in [-0.1, -0.05) is 6.92 Å². The molecule has 0 aliphatic carbocycles. The highest BCUT2D eigenvalue weighted by atomic mass is 32.1. The Morgan fingerprint density at radius 3 is 2.70 bits per heavy atom. The molecule has 0 radical (unpaired) electrons. The van der Waals surface area contributed by atoms with Crippen LogP contribution in [0.3, 0.4) is 0 Å². The summed E-state index contributed by atoms with van der Waals surface area (Å²) in [5, 5.41) is 2.36. The van der Waals surface area contributed by atoms with Crippen LogP contribution in [0.1, 0.15) is 16.7 Å². The molecule has 3 rings (SSSR count). The lowest BCUT2D eigenvalue weighted by atomic mass is 10.0. The topological polar surface area (TPSA) is 62.7 Å². The van der Waals surface area contributed by atoms with E-state index in [0.717, 1.165) is 13.1 Å². The molecular formula is C13H17N3O3S. The molecule has 0 aromatic carbocycles. The Kier molecular flexibility index (Phi) is 3.71. The summed E-state index contributed by atoms with van der Waals surface area (Å²) in [5.41, 5.74) is 0. The summed E-state index contributed by atoms with van der Waals surface area (Å²) in [4.78, 5) is 31.8. The largest absolute Gasteiger partial charge is 0.464 e. The third-order valence-electron chi connectivity index (χ3n) is 4.03. The van der Waals surface area contributed by atoms with Gasteiger partial charge in [0.15, 0.2) is 5.01 Å². The lowest BCUT2D eigenvalue weighted by molar-refractivity contribution is -0.140. The number of carbonyl (C=O) groups is 2. The number of hydrogen-bond donors (Lipinski definition) is 0. The second-order valence-corrected chi connectivity index (χ2v) is 6.05. The SMILES string of the molecule is C[C@H]1C(=O)OC[C@H]1N1CCN(C(=O)c2nccs2)CC1. The van der Waals surface area contributed by atoms with E-state index in [9.17, 15) is 9.59 Å². The maximum absolute atomic E-state index is 12.2. The highest BCUT2D eigenvalue weighted by Crippen LogP contribution is 2.22. The van der Waals surface area contributed by atoms with Gasteiger partial charge in [-0.2, -0.15) is 0 Å². The van der Waals surface area contributed by atoms with Crippen LogP contribution in [0.15, 0.2) is 11.6 Å². The Morgan fingerprint density at radius 2 is 2.15 bits per heavy atom. The van der Waals surface area contributed by atoms with Crippen LogP contribution in [0.4, 0.5) is 0 Å². The standard InChI is InChI=1S/C13H17N3O3S/c1-9-10(8-19-13(9)18)15-3-5-16(6-4-15)12(17)11-14-2-7-20-11/h2,7,9-10H,3-6,8H2,1H3/t9-,10-/m1/s1. The molecule has 2 atom stereocenters. The Bertz CT molecular complexity index is 497. The van der Waals surface area contributed by atoms with Crippen LogP contribution >= 0.6 is 11.3 Å². The first-order chi connectivity index (χ1) is 9.66. The maximum atomic E-state index is 12.2. The number of amides is 1. The fourth-order valence-corrected chi connectivity index (χ4v) is 3.35. The van der Waals surface area contributed by atoms with Gasteiger partial charge in [0.25, 0.3) is 5.91 Å². The van der Waals surface area contributed by atoms with Crippen LogP contribution in [0.25, 0.3) is 0 Å². The van der Waals surface area contributed by atoms with Crippen molar-refractivity contribution in [2.24, 2.45) is 5.92 Å². The van der Waals surface area contributed by atoms with E-state index in [0.29, 0.717) is 24.7 Å². The van der Waals surface area contributed by atoms with E-state index in [1.165, 1.54) is 11.3 Å². The number of thiazole rings is 1. The first kappa shape index (κ1) is 13.5. The van der Waals surface area contributed by atoms with E-state index in [-0.39, 0.29) is 23.8 Å². The zero-order chi connectivity index (χ0) is 14.1. The van der Waals surface area contributed by atoms with Crippen molar-refractivity contribution >= 4 is 23.2 Å². The number of cyclic esters (lactones) is 1. The van der Waals surface area contributed by atoms with Gasteiger partial charge < -0.3 is 9.64 Å². The number of hydrogen-bond acceptors (Lipinski definition) is 6. The second-order valence-electron chi connectivity index (χ2n) is 5.15. The normalized spacial score (nSPS) is 27.6. The highest BCUT2D eigenvalue weighted by molar-refractivity contribution is 7.11. The number of nitrogens with zero attached hydrogens (tertiary/aromatic N) is 3. The van der Waals surface area contributed by atoms with Crippen molar-refractivity contribution in [2.45, 2.75) is 13.0 Å². The molecule has 0 saturated carbocycles. The molecule has 7 heteroatoms. The van der Waals surface area contributed by atoms with Crippen LogP contribution in [-0.2, 0) is 9.53 Å². The third-order valence-corrected chi connectivity index (χ3v) is 4.79. The highest BCUT2D eigenvalue weighted by Gasteiger charge is 2.38. The minimum atomic E-state index is -0.115. The lowest BCUT2D eigenvalue weighted by Crippen LogP contribution is -2.53. The summed E-state index contributed by atoms with van der Waals surface area (Å²) in [6.07, 6.45) is 1.65. The molecule has 0 spiro atoms. The van der Waals surface area contributed by atoms with E-state index >= 15 is 0 Å². The van der Waals surface area contributed by atoms with E-state index in [2.05, 4.69) is 9.88 Å². The molecule has 2 aliphatic rings. The second kappa shape index (κ2) is 5.49. The molecule has 108 valence electrons. The van der Waals surface area contributed by atoms with Gasteiger partial charge in [-0.25, -0.2) is 4.98 Å². The fraction of sp³-hybridized carbons (Fsp3) is 0.615. The summed E-state index contributed by atoms with van der Waals surface area (Å²) in [5.74, 6) is -0.182. The van der Waals surface area contributed by atoms with Crippen molar-refractivity contribution < 1.29 is 14.3 Å². The summed E-state index contributed by atoms with van der Waals surface area (Å²) in [6, 6.07) is 0.152. The number of esters is 1.